The van der Waals surface area contributed by atoms with Gasteiger partial charge < -0.3 is 29.1 Å². The fourth-order valence-corrected chi connectivity index (χ4v) is 5.81. The minimum absolute atomic E-state index is 0.0106. The highest BCUT2D eigenvalue weighted by atomic mass is 16.7. The molecule has 12 heteroatoms. The third kappa shape index (κ3) is 11.2. The summed E-state index contributed by atoms with van der Waals surface area (Å²) in [6.07, 6.45) is 9.94. The molecule has 0 spiro atoms. The Hall–Kier alpha value is -3.35. The van der Waals surface area contributed by atoms with Crippen molar-refractivity contribution in [2.75, 3.05) is 7.11 Å². The lowest BCUT2D eigenvalue weighted by molar-refractivity contribution is -0.202. The standard InChI is InChI=1S/C33H48N2O10/c1-20(9-12-28-21(2)16-27(23(4)43-28)34-29(37)13-10-22(3)42-24(5)36)8-11-25-18-33(6,41-7)19-26(44-25)17-32(40)45-35-30(38)14-15-31(35)39/h8-11,13,21-23,25-28H,12,14-19H2,1-7H3,(H,34,37)/b11-8+,13-10-,20-9+/t21?,22?,23?,25?,26-,27?,28+,33?/m1/s1. The number of allylic oxidation sites excluding steroid dienone is 2. The Balaban J connectivity index is 1.51. The molecule has 8 atom stereocenters. The molecule has 3 saturated heterocycles. The Labute approximate surface area is 265 Å². The van der Waals surface area contributed by atoms with E-state index >= 15 is 0 Å². The first-order chi connectivity index (χ1) is 21.2. The Bertz CT molecular complexity index is 1180. The van der Waals surface area contributed by atoms with Gasteiger partial charge in [-0.1, -0.05) is 30.7 Å². The van der Waals surface area contributed by atoms with E-state index in [1.165, 1.54) is 13.0 Å². The van der Waals surface area contributed by atoms with Crippen molar-refractivity contribution in [1.82, 2.24) is 10.4 Å². The normalized spacial score (nSPS) is 31.8. The molecule has 3 fully saturated rings. The van der Waals surface area contributed by atoms with Gasteiger partial charge in [0.05, 0.1) is 42.5 Å². The topological polar surface area (TPSA) is 147 Å². The van der Waals surface area contributed by atoms with Crippen LogP contribution in [-0.4, -0.2) is 84.0 Å². The minimum Gasteiger partial charge on any atom is -0.459 e. The van der Waals surface area contributed by atoms with Crippen molar-refractivity contribution in [2.45, 2.75) is 129 Å². The Morgan fingerprint density at radius 2 is 1.78 bits per heavy atom. The number of amides is 3. The lowest BCUT2D eigenvalue weighted by Gasteiger charge is -2.40. The first-order valence-electron chi connectivity index (χ1n) is 15.6. The Morgan fingerprint density at radius 1 is 1.09 bits per heavy atom. The molecule has 0 aromatic rings. The summed E-state index contributed by atoms with van der Waals surface area (Å²) in [6.45, 7) is 11.0. The van der Waals surface area contributed by atoms with E-state index in [1.807, 2.05) is 32.9 Å². The number of carbonyl (C=O) groups excluding carboxylic acids is 5. The highest BCUT2D eigenvalue weighted by Crippen LogP contribution is 2.34. The van der Waals surface area contributed by atoms with E-state index < -0.39 is 41.6 Å². The smallest absolute Gasteiger partial charge is 0.335 e. The van der Waals surface area contributed by atoms with Crippen LogP contribution in [0.15, 0.2) is 36.0 Å². The third-order valence-electron chi connectivity index (χ3n) is 8.41. The molecule has 1 N–H and O–H groups in total. The van der Waals surface area contributed by atoms with Crippen LogP contribution in [0.4, 0.5) is 0 Å². The van der Waals surface area contributed by atoms with E-state index in [0.29, 0.717) is 24.3 Å². The summed E-state index contributed by atoms with van der Waals surface area (Å²) in [5, 5.41) is 3.54. The molecule has 3 amide bonds. The van der Waals surface area contributed by atoms with Crippen LogP contribution in [0.5, 0.6) is 0 Å². The Morgan fingerprint density at radius 3 is 2.42 bits per heavy atom. The fraction of sp³-hybridized carbons (Fsp3) is 0.667. The lowest BCUT2D eigenvalue weighted by Crippen LogP contribution is -2.50. The number of esters is 1. The summed E-state index contributed by atoms with van der Waals surface area (Å²) in [4.78, 5) is 64.6. The summed E-state index contributed by atoms with van der Waals surface area (Å²) in [7, 11) is 1.62. The molecule has 12 nitrogen and oxygen atoms in total. The number of methoxy groups -OCH3 is 1. The maximum Gasteiger partial charge on any atom is 0.335 e. The summed E-state index contributed by atoms with van der Waals surface area (Å²) in [5.74, 6) is -2.20. The average molecular weight is 633 g/mol. The monoisotopic (exact) mass is 632 g/mol. The second-order valence-electron chi connectivity index (χ2n) is 12.5. The van der Waals surface area contributed by atoms with Gasteiger partial charge in [0.1, 0.15) is 6.10 Å². The van der Waals surface area contributed by atoms with Crippen molar-refractivity contribution >= 4 is 29.7 Å². The van der Waals surface area contributed by atoms with Gasteiger partial charge in [0.15, 0.2) is 0 Å². The van der Waals surface area contributed by atoms with Crippen LogP contribution in [0.2, 0.25) is 0 Å². The number of ether oxygens (including phenoxy) is 4. The van der Waals surface area contributed by atoms with Gasteiger partial charge in [-0.3, -0.25) is 19.2 Å². The zero-order valence-electron chi connectivity index (χ0n) is 27.4. The van der Waals surface area contributed by atoms with Crippen LogP contribution >= 0.6 is 0 Å². The molecule has 3 heterocycles. The van der Waals surface area contributed by atoms with E-state index in [9.17, 15) is 24.0 Å². The van der Waals surface area contributed by atoms with E-state index in [2.05, 4.69) is 18.3 Å². The van der Waals surface area contributed by atoms with Crippen molar-refractivity contribution < 1.29 is 47.8 Å². The number of hydrogen-bond acceptors (Lipinski definition) is 10. The van der Waals surface area contributed by atoms with E-state index in [0.717, 1.165) is 12.0 Å². The van der Waals surface area contributed by atoms with Crippen molar-refractivity contribution in [3.05, 3.63) is 36.0 Å². The number of carbonyl (C=O) groups is 5. The van der Waals surface area contributed by atoms with Gasteiger partial charge in [-0.15, -0.1) is 5.06 Å². The highest BCUT2D eigenvalue weighted by Gasteiger charge is 2.40. The van der Waals surface area contributed by atoms with Gasteiger partial charge in [0.25, 0.3) is 11.8 Å². The van der Waals surface area contributed by atoms with E-state index in [4.69, 9.17) is 23.8 Å². The number of hydroxylamine groups is 2. The molecule has 0 aliphatic carbocycles. The SMILES string of the molecule is COC1(C)CC(/C=C/C(C)=C/C[C@@H]2OC(C)C(NC(=O)/C=C\C(C)OC(C)=O)CC2C)O[C@H](CC(=O)ON2C(=O)CCC2=O)C1. The third-order valence-corrected chi connectivity index (χ3v) is 8.41. The van der Waals surface area contributed by atoms with Gasteiger partial charge in [0, 0.05) is 45.8 Å². The first-order valence-corrected chi connectivity index (χ1v) is 15.6. The van der Waals surface area contributed by atoms with Crippen LogP contribution in [0.3, 0.4) is 0 Å². The molecule has 6 unspecified atom stereocenters. The molecule has 3 aliphatic rings. The van der Waals surface area contributed by atoms with Crippen molar-refractivity contribution in [3.8, 4) is 0 Å². The number of imide groups is 1. The summed E-state index contributed by atoms with van der Waals surface area (Å²) in [6, 6.07) is -0.137. The lowest BCUT2D eigenvalue weighted by atomic mass is 9.87. The molecule has 0 aromatic heterocycles. The maximum absolute atomic E-state index is 12.5. The van der Waals surface area contributed by atoms with Gasteiger partial charge in [0.2, 0.25) is 5.91 Å². The second-order valence-corrected chi connectivity index (χ2v) is 12.5. The van der Waals surface area contributed by atoms with Crippen LogP contribution in [0.1, 0.15) is 86.5 Å². The van der Waals surface area contributed by atoms with Gasteiger partial charge in [-0.2, -0.15) is 0 Å². The first kappa shape index (κ1) is 36.1. The fourth-order valence-electron chi connectivity index (χ4n) is 5.81. The van der Waals surface area contributed by atoms with Gasteiger partial charge >= 0.3 is 11.9 Å². The molecule has 0 bridgehead atoms. The van der Waals surface area contributed by atoms with Crippen LogP contribution in [0.25, 0.3) is 0 Å². The second kappa shape index (κ2) is 16.3. The minimum atomic E-state index is -0.703. The molecule has 3 rings (SSSR count). The molecule has 0 radical (unpaired) electrons. The van der Waals surface area contributed by atoms with Crippen molar-refractivity contribution in [2.24, 2.45) is 5.92 Å². The molecule has 3 aliphatic heterocycles. The molecular weight excluding hydrogens is 584 g/mol. The van der Waals surface area contributed by atoms with Crippen LogP contribution in [-0.2, 0) is 47.8 Å². The van der Waals surface area contributed by atoms with Crippen molar-refractivity contribution in [1.29, 1.82) is 0 Å². The highest BCUT2D eigenvalue weighted by molar-refractivity contribution is 6.01. The largest absolute Gasteiger partial charge is 0.459 e. The summed E-state index contributed by atoms with van der Waals surface area (Å²) >= 11 is 0. The molecule has 0 saturated carbocycles. The summed E-state index contributed by atoms with van der Waals surface area (Å²) < 4.78 is 23.2. The molecule has 0 aromatic carbocycles. The van der Waals surface area contributed by atoms with E-state index in [-0.39, 0.29) is 55.4 Å². The molecule has 250 valence electrons. The molecular formula is C33H48N2O10. The predicted molar refractivity (Wildman–Crippen MR) is 163 cm³/mol. The number of hydrogen-bond donors (Lipinski definition) is 1. The zero-order valence-corrected chi connectivity index (χ0v) is 27.4. The van der Waals surface area contributed by atoms with Crippen molar-refractivity contribution in [3.63, 3.8) is 0 Å². The molecule has 45 heavy (non-hydrogen) atoms. The van der Waals surface area contributed by atoms with Gasteiger partial charge in [-0.25, -0.2) is 4.79 Å². The number of nitrogens with zero attached hydrogens (tertiary/aromatic N) is 1. The average Bonchev–Trinajstić information content (AvgIpc) is 3.27. The zero-order chi connectivity index (χ0) is 33.3. The quantitative estimate of drug-likeness (QED) is 0.146. The van der Waals surface area contributed by atoms with Crippen LogP contribution in [0, 0.1) is 5.92 Å². The van der Waals surface area contributed by atoms with E-state index in [1.54, 1.807) is 20.1 Å². The summed E-state index contributed by atoms with van der Waals surface area (Å²) in [5.41, 5.74) is 0.495. The maximum atomic E-state index is 12.5. The Kier molecular flexibility index (Phi) is 13.1. The number of rotatable bonds is 12. The predicted octanol–water partition coefficient (Wildman–Crippen LogP) is 3.64. The van der Waals surface area contributed by atoms with Crippen LogP contribution < -0.4 is 5.32 Å². The van der Waals surface area contributed by atoms with Gasteiger partial charge in [-0.05, 0) is 52.5 Å². The number of nitrogens with one attached hydrogen (secondary N) is 1.